The van der Waals surface area contributed by atoms with Crippen molar-refractivity contribution in [3.05, 3.63) is 17.5 Å². The molecule has 0 radical (unpaired) electrons. The monoisotopic (exact) mass is 256 g/mol. The molecule has 1 N–H and O–H groups in total. The summed E-state index contributed by atoms with van der Waals surface area (Å²) in [5.74, 6) is 0.761. The number of aromatic nitrogens is 3. The number of fused-ring (bicyclic) bond motifs is 1. The van der Waals surface area contributed by atoms with Crippen LogP contribution in [0.5, 0.6) is 0 Å². The largest absolute Gasteiger partial charge is 0.367 e. The smallest absolute Gasteiger partial charge is 0.226 e. The summed E-state index contributed by atoms with van der Waals surface area (Å²) in [5.41, 5.74) is 0.717. The first-order chi connectivity index (χ1) is 7.61. The van der Waals surface area contributed by atoms with E-state index < -0.39 is 0 Å². The van der Waals surface area contributed by atoms with Crippen molar-refractivity contribution in [1.29, 1.82) is 0 Å². The average molecular weight is 257 g/mol. The first kappa shape index (κ1) is 11.5. The number of hydrogen-bond donors (Lipinski definition) is 2. The Labute approximate surface area is 105 Å². The van der Waals surface area contributed by atoms with Crippen molar-refractivity contribution in [1.82, 2.24) is 13.9 Å². The van der Waals surface area contributed by atoms with E-state index in [0.717, 1.165) is 17.6 Å². The Hall–Kier alpha value is -0.940. The molecule has 0 saturated carbocycles. The van der Waals surface area contributed by atoms with Gasteiger partial charge in [-0.15, -0.1) is 0 Å². The zero-order chi connectivity index (χ0) is 11.7. The first-order valence-corrected chi connectivity index (χ1v) is 5.90. The molecule has 2 rings (SSSR count). The van der Waals surface area contributed by atoms with Crippen LogP contribution in [0.25, 0.3) is 11.0 Å². The van der Waals surface area contributed by atoms with Crippen LogP contribution in [0.4, 0.5) is 5.82 Å². The Morgan fingerprint density at radius 1 is 1.56 bits per heavy atom. The van der Waals surface area contributed by atoms with Crippen LogP contribution in [-0.2, 0) is 0 Å². The normalized spacial score (nSPS) is 13.0. The van der Waals surface area contributed by atoms with Crippen LogP contribution in [0.2, 0.25) is 5.28 Å². The van der Waals surface area contributed by atoms with Crippen LogP contribution in [-0.4, -0.2) is 20.0 Å². The second kappa shape index (κ2) is 4.51. The summed E-state index contributed by atoms with van der Waals surface area (Å²) in [4.78, 5) is 8.33. The van der Waals surface area contributed by atoms with Crippen LogP contribution >= 0.6 is 24.4 Å². The average Bonchev–Trinajstić information content (AvgIpc) is 2.60. The Morgan fingerprint density at radius 2 is 2.31 bits per heavy atom. The zero-order valence-electron chi connectivity index (χ0n) is 9.11. The molecule has 16 heavy (non-hydrogen) atoms. The topological polar surface area (TPSA) is 42.7 Å². The Morgan fingerprint density at radius 3 is 3.00 bits per heavy atom. The van der Waals surface area contributed by atoms with E-state index in [1.807, 2.05) is 12.3 Å². The molecule has 86 valence electrons. The number of nitrogens with one attached hydrogen (secondary N) is 1. The number of hydrogen-bond acceptors (Lipinski definition) is 4. The Kier molecular flexibility index (Phi) is 3.25. The van der Waals surface area contributed by atoms with Crippen molar-refractivity contribution in [3.63, 3.8) is 0 Å². The van der Waals surface area contributed by atoms with Crippen molar-refractivity contribution < 1.29 is 0 Å². The lowest BCUT2D eigenvalue weighted by Crippen LogP contribution is -2.15. The highest BCUT2D eigenvalue weighted by molar-refractivity contribution is 7.78. The molecule has 1 atom stereocenters. The molecule has 0 aliphatic carbocycles. The molecule has 0 amide bonds. The number of nitrogens with zero attached hydrogens (tertiary/aromatic N) is 3. The highest BCUT2D eigenvalue weighted by Crippen LogP contribution is 2.24. The molecule has 2 aromatic heterocycles. The molecule has 0 aliphatic rings. The molecular weight excluding hydrogens is 244 g/mol. The van der Waals surface area contributed by atoms with Gasteiger partial charge >= 0.3 is 0 Å². The first-order valence-electron chi connectivity index (χ1n) is 5.12. The minimum Gasteiger partial charge on any atom is -0.367 e. The standard InChI is InChI=1S/C10H13ClN4S/c1-3-6(2)12-8-7-4-5-15(16)9(7)14-10(11)13-8/h4-6,16H,3H2,1-2H3,(H,12,13,14)/t6-/m1/s1. The number of anilines is 1. The molecule has 0 fully saturated rings. The molecule has 0 spiro atoms. The van der Waals surface area contributed by atoms with E-state index in [-0.39, 0.29) is 5.28 Å². The van der Waals surface area contributed by atoms with Gasteiger partial charge in [0.25, 0.3) is 0 Å². The predicted octanol–water partition coefficient (Wildman–Crippen LogP) is 2.99. The molecule has 6 heteroatoms. The van der Waals surface area contributed by atoms with Gasteiger partial charge < -0.3 is 5.32 Å². The maximum absolute atomic E-state index is 5.87. The maximum atomic E-state index is 5.87. The number of thiol groups is 1. The van der Waals surface area contributed by atoms with Gasteiger partial charge in [0, 0.05) is 12.2 Å². The highest BCUT2D eigenvalue weighted by Gasteiger charge is 2.11. The quantitative estimate of drug-likeness (QED) is 0.655. The van der Waals surface area contributed by atoms with Gasteiger partial charge in [0.15, 0.2) is 5.65 Å². The fraction of sp³-hybridized carbons (Fsp3) is 0.400. The summed E-state index contributed by atoms with van der Waals surface area (Å²) in [6, 6.07) is 2.26. The summed E-state index contributed by atoms with van der Waals surface area (Å²) in [6.07, 6.45) is 2.84. The second-order valence-electron chi connectivity index (χ2n) is 3.69. The summed E-state index contributed by atoms with van der Waals surface area (Å²) in [6.45, 7) is 4.21. The maximum Gasteiger partial charge on any atom is 0.226 e. The third-order valence-electron chi connectivity index (χ3n) is 2.49. The van der Waals surface area contributed by atoms with Gasteiger partial charge in [-0.25, -0.2) is 4.98 Å². The summed E-state index contributed by atoms with van der Waals surface area (Å²) in [7, 11) is 0. The third kappa shape index (κ3) is 2.10. The SMILES string of the molecule is CC[C@@H](C)Nc1nc(Cl)nc2c1ccn2S. The van der Waals surface area contributed by atoms with E-state index in [1.165, 1.54) is 0 Å². The van der Waals surface area contributed by atoms with Gasteiger partial charge in [0.1, 0.15) is 5.82 Å². The van der Waals surface area contributed by atoms with Gasteiger partial charge in [-0.3, -0.25) is 3.97 Å². The van der Waals surface area contributed by atoms with Crippen molar-refractivity contribution in [2.45, 2.75) is 26.3 Å². The van der Waals surface area contributed by atoms with Gasteiger partial charge in [0.2, 0.25) is 5.28 Å². The van der Waals surface area contributed by atoms with Crippen LogP contribution in [0.3, 0.4) is 0 Å². The Balaban J connectivity index is 2.51. The Bertz CT molecular complexity index is 511. The molecule has 2 aromatic rings. The van der Waals surface area contributed by atoms with Crippen molar-refractivity contribution in [2.24, 2.45) is 0 Å². The van der Waals surface area contributed by atoms with E-state index in [0.29, 0.717) is 11.7 Å². The van der Waals surface area contributed by atoms with Crippen LogP contribution in [0.15, 0.2) is 12.3 Å². The molecule has 0 aliphatic heterocycles. The summed E-state index contributed by atoms with van der Waals surface area (Å²) < 4.78 is 1.63. The van der Waals surface area contributed by atoms with E-state index in [4.69, 9.17) is 11.6 Å². The molecule has 2 heterocycles. The van der Waals surface area contributed by atoms with Crippen molar-refractivity contribution in [3.8, 4) is 0 Å². The molecule has 0 bridgehead atoms. The fourth-order valence-electron chi connectivity index (χ4n) is 1.42. The predicted molar refractivity (Wildman–Crippen MR) is 70.3 cm³/mol. The van der Waals surface area contributed by atoms with E-state index >= 15 is 0 Å². The summed E-state index contributed by atoms with van der Waals surface area (Å²) in [5, 5.41) is 4.47. The third-order valence-corrected chi connectivity index (χ3v) is 2.98. The molecule has 0 unspecified atom stereocenters. The zero-order valence-corrected chi connectivity index (χ0v) is 10.8. The number of halogens is 1. The molecule has 0 saturated heterocycles. The highest BCUT2D eigenvalue weighted by atomic mass is 35.5. The molecular formula is C10H13ClN4S. The van der Waals surface area contributed by atoms with Gasteiger partial charge in [0.05, 0.1) is 5.39 Å². The van der Waals surface area contributed by atoms with Gasteiger partial charge in [-0.2, -0.15) is 4.98 Å². The van der Waals surface area contributed by atoms with E-state index in [1.54, 1.807) is 3.97 Å². The van der Waals surface area contributed by atoms with Crippen molar-refractivity contribution >= 4 is 41.3 Å². The molecule has 0 aromatic carbocycles. The fourth-order valence-corrected chi connectivity index (χ4v) is 1.80. The summed E-state index contributed by atoms with van der Waals surface area (Å²) >= 11 is 10.1. The van der Waals surface area contributed by atoms with Gasteiger partial charge in [-0.1, -0.05) is 19.7 Å². The van der Waals surface area contributed by atoms with Crippen LogP contribution in [0, 0.1) is 0 Å². The van der Waals surface area contributed by atoms with Crippen LogP contribution in [0.1, 0.15) is 20.3 Å². The lowest BCUT2D eigenvalue weighted by Gasteiger charge is -2.12. The lowest BCUT2D eigenvalue weighted by atomic mass is 10.2. The van der Waals surface area contributed by atoms with Gasteiger partial charge in [-0.05, 0) is 31.0 Å². The lowest BCUT2D eigenvalue weighted by molar-refractivity contribution is 0.760. The van der Waals surface area contributed by atoms with Crippen molar-refractivity contribution in [2.75, 3.05) is 5.32 Å². The van der Waals surface area contributed by atoms with Crippen LogP contribution < -0.4 is 5.32 Å². The second-order valence-corrected chi connectivity index (χ2v) is 4.46. The van der Waals surface area contributed by atoms with E-state index in [2.05, 4.69) is 41.9 Å². The molecule has 4 nitrogen and oxygen atoms in total. The number of rotatable bonds is 3. The minimum absolute atomic E-state index is 0.229. The minimum atomic E-state index is 0.229. The van der Waals surface area contributed by atoms with E-state index in [9.17, 15) is 0 Å².